The minimum atomic E-state index is -0.389. The van der Waals surface area contributed by atoms with E-state index in [-0.39, 0.29) is 11.8 Å². The largest absolute Gasteiger partial charge is 0.490 e. The molecule has 9 heteroatoms. The zero-order chi connectivity index (χ0) is 26.6. The Kier molecular flexibility index (Phi) is 8.29. The lowest BCUT2D eigenvalue weighted by molar-refractivity contribution is -0.116. The summed E-state index contributed by atoms with van der Waals surface area (Å²) in [7, 11) is 0. The van der Waals surface area contributed by atoms with Crippen LogP contribution in [0.2, 0.25) is 5.02 Å². The smallest absolute Gasteiger partial charge is 0.227 e. The number of fused-ring (bicyclic) bond motifs is 1. The molecule has 200 valence electrons. The second-order valence-corrected chi connectivity index (χ2v) is 11.3. The van der Waals surface area contributed by atoms with Crippen LogP contribution in [0.15, 0.2) is 58.9 Å². The van der Waals surface area contributed by atoms with Gasteiger partial charge in [-0.15, -0.1) is 5.10 Å². The van der Waals surface area contributed by atoms with Crippen LogP contribution in [0.5, 0.6) is 11.5 Å². The van der Waals surface area contributed by atoms with Crippen LogP contribution in [-0.4, -0.2) is 33.8 Å². The standard InChI is InChI=1S/C29H33ClN4O3S/c1-4-36-25-16-19(12-13-24(25)37-15-14-18(2)3)27-26-22(10-7-11-23(26)35)31-28-32-29(33-34(27)28)38-17-20-8-5-6-9-21(20)30/h5-6,8-9,12-13,16,18,27H,4,7,10-11,14-15,17H2,1-3H3,(H,31,32,33). The van der Waals surface area contributed by atoms with Crippen LogP contribution in [0.1, 0.15) is 63.6 Å². The van der Waals surface area contributed by atoms with E-state index in [1.807, 2.05) is 54.1 Å². The molecule has 1 unspecified atom stereocenters. The number of Topliss-reactive ketones (excluding diaryl/α,β-unsaturated/α-hetero) is 1. The van der Waals surface area contributed by atoms with Crippen LogP contribution in [0.4, 0.5) is 5.95 Å². The fraction of sp³-hybridized carbons (Fsp3) is 0.414. The lowest BCUT2D eigenvalue weighted by Crippen LogP contribution is -2.31. The monoisotopic (exact) mass is 552 g/mol. The summed E-state index contributed by atoms with van der Waals surface area (Å²) in [4.78, 5) is 18.0. The fourth-order valence-electron chi connectivity index (χ4n) is 4.75. The summed E-state index contributed by atoms with van der Waals surface area (Å²) in [6.07, 6.45) is 3.13. The van der Waals surface area contributed by atoms with Crippen molar-refractivity contribution in [2.24, 2.45) is 5.92 Å². The molecule has 0 bridgehead atoms. The van der Waals surface area contributed by atoms with Crippen LogP contribution < -0.4 is 14.8 Å². The maximum atomic E-state index is 13.2. The third kappa shape index (κ3) is 5.71. The van der Waals surface area contributed by atoms with E-state index in [4.69, 9.17) is 31.2 Å². The van der Waals surface area contributed by atoms with Crippen molar-refractivity contribution in [1.82, 2.24) is 14.8 Å². The number of hydrogen-bond donors (Lipinski definition) is 1. The number of thioether (sulfide) groups is 1. The fourth-order valence-corrected chi connectivity index (χ4v) is 5.87. The van der Waals surface area contributed by atoms with Crippen LogP contribution in [-0.2, 0) is 10.5 Å². The SMILES string of the molecule is CCOc1cc(C2C3=C(CCCC3=O)Nc3nc(SCc4ccccc4Cl)nn32)ccc1OCCC(C)C. The quantitative estimate of drug-likeness (QED) is 0.269. The predicted octanol–water partition coefficient (Wildman–Crippen LogP) is 7.07. The van der Waals surface area contributed by atoms with Gasteiger partial charge in [-0.1, -0.05) is 61.5 Å². The van der Waals surface area contributed by atoms with E-state index in [0.29, 0.717) is 53.9 Å². The predicted molar refractivity (Wildman–Crippen MR) is 151 cm³/mol. The van der Waals surface area contributed by atoms with Crippen LogP contribution >= 0.6 is 23.4 Å². The van der Waals surface area contributed by atoms with Gasteiger partial charge in [0, 0.05) is 28.5 Å². The number of anilines is 1. The maximum Gasteiger partial charge on any atom is 0.227 e. The first kappa shape index (κ1) is 26.6. The molecule has 3 aromatic rings. The molecule has 2 aliphatic rings. The number of nitrogens with one attached hydrogen (secondary N) is 1. The molecule has 2 heterocycles. The van der Waals surface area contributed by atoms with E-state index in [2.05, 4.69) is 19.2 Å². The Morgan fingerprint density at radius 3 is 2.79 bits per heavy atom. The van der Waals surface area contributed by atoms with Crippen molar-refractivity contribution >= 4 is 35.1 Å². The first-order valence-electron chi connectivity index (χ1n) is 13.2. The highest BCUT2D eigenvalue weighted by Crippen LogP contribution is 2.43. The molecule has 0 spiro atoms. The Labute approximate surface area is 233 Å². The van der Waals surface area contributed by atoms with E-state index < -0.39 is 0 Å². The van der Waals surface area contributed by atoms with Gasteiger partial charge in [-0.25, -0.2) is 4.68 Å². The highest BCUT2D eigenvalue weighted by Gasteiger charge is 2.37. The Balaban J connectivity index is 1.49. The van der Waals surface area contributed by atoms with Gasteiger partial charge >= 0.3 is 0 Å². The lowest BCUT2D eigenvalue weighted by atomic mass is 9.85. The molecule has 2 aromatic carbocycles. The lowest BCUT2D eigenvalue weighted by Gasteiger charge is -2.32. The molecular formula is C29H33ClN4O3S. The first-order valence-corrected chi connectivity index (χ1v) is 14.6. The number of aromatic nitrogens is 3. The third-order valence-corrected chi connectivity index (χ3v) is 7.95. The average molecular weight is 553 g/mol. The maximum absolute atomic E-state index is 13.2. The van der Waals surface area contributed by atoms with Crippen molar-refractivity contribution in [2.45, 2.75) is 63.4 Å². The second kappa shape index (κ2) is 11.8. The topological polar surface area (TPSA) is 78.3 Å². The van der Waals surface area contributed by atoms with Gasteiger partial charge in [-0.2, -0.15) is 4.98 Å². The van der Waals surface area contributed by atoms with E-state index in [0.717, 1.165) is 46.7 Å². The van der Waals surface area contributed by atoms with Gasteiger partial charge in [-0.05, 0) is 61.4 Å². The van der Waals surface area contributed by atoms with Gasteiger partial charge in [0.15, 0.2) is 17.3 Å². The number of carbonyl (C=O) groups excluding carboxylic acids is 1. The number of allylic oxidation sites excluding steroid dienone is 2. The van der Waals surface area contributed by atoms with Crippen molar-refractivity contribution in [3.8, 4) is 11.5 Å². The number of benzene rings is 2. The summed E-state index contributed by atoms with van der Waals surface area (Å²) in [5, 5.41) is 9.60. The van der Waals surface area contributed by atoms with Gasteiger partial charge in [0.1, 0.15) is 6.04 Å². The number of hydrogen-bond acceptors (Lipinski definition) is 7. The number of nitrogens with zero attached hydrogens (tertiary/aromatic N) is 3. The molecule has 38 heavy (non-hydrogen) atoms. The van der Waals surface area contributed by atoms with Crippen LogP contribution in [0, 0.1) is 5.92 Å². The van der Waals surface area contributed by atoms with E-state index in [1.54, 1.807) is 0 Å². The average Bonchev–Trinajstić information content (AvgIpc) is 3.30. The normalized spacial score (nSPS) is 16.8. The molecule has 0 saturated heterocycles. The zero-order valence-electron chi connectivity index (χ0n) is 22.0. The minimum absolute atomic E-state index is 0.144. The van der Waals surface area contributed by atoms with Crippen molar-refractivity contribution in [3.63, 3.8) is 0 Å². The Morgan fingerprint density at radius 2 is 2.00 bits per heavy atom. The zero-order valence-corrected chi connectivity index (χ0v) is 23.6. The number of halogens is 1. The van der Waals surface area contributed by atoms with Crippen LogP contribution in [0.3, 0.4) is 0 Å². The van der Waals surface area contributed by atoms with Gasteiger partial charge in [0.05, 0.1) is 13.2 Å². The Bertz CT molecular complexity index is 1350. The highest BCUT2D eigenvalue weighted by molar-refractivity contribution is 7.98. The molecule has 5 rings (SSSR count). The molecule has 0 amide bonds. The summed E-state index contributed by atoms with van der Waals surface area (Å²) in [6, 6.07) is 13.3. The second-order valence-electron chi connectivity index (χ2n) is 9.91. The van der Waals surface area contributed by atoms with Gasteiger partial charge < -0.3 is 14.8 Å². The van der Waals surface area contributed by atoms with Crippen molar-refractivity contribution in [3.05, 3.63) is 69.9 Å². The molecule has 1 aliphatic carbocycles. The molecule has 0 fully saturated rings. The molecular weight excluding hydrogens is 520 g/mol. The third-order valence-electron chi connectivity index (χ3n) is 6.70. The molecule has 1 aliphatic heterocycles. The number of ether oxygens (including phenoxy) is 2. The van der Waals surface area contributed by atoms with E-state index in [1.165, 1.54) is 11.8 Å². The van der Waals surface area contributed by atoms with Crippen molar-refractivity contribution in [2.75, 3.05) is 18.5 Å². The summed E-state index contributed by atoms with van der Waals surface area (Å²) < 4.78 is 13.9. The summed E-state index contributed by atoms with van der Waals surface area (Å²) in [5.41, 5.74) is 3.64. The molecule has 1 atom stereocenters. The Morgan fingerprint density at radius 1 is 1.16 bits per heavy atom. The molecule has 1 N–H and O–H groups in total. The summed E-state index contributed by atoms with van der Waals surface area (Å²) >= 11 is 7.88. The minimum Gasteiger partial charge on any atom is -0.490 e. The number of rotatable bonds is 10. The molecule has 1 aromatic heterocycles. The van der Waals surface area contributed by atoms with Crippen molar-refractivity contribution in [1.29, 1.82) is 0 Å². The highest BCUT2D eigenvalue weighted by atomic mass is 35.5. The van der Waals surface area contributed by atoms with Crippen molar-refractivity contribution < 1.29 is 14.3 Å². The first-order chi connectivity index (χ1) is 18.4. The van der Waals surface area contributed by atoms with E-state index in [9.17, 15) is 4.79 Å². The summed E-state index contributed by atoms with van der Waals surface area (Å²) in [5.74, 6) is 3.37. The Hall–Kier alpha value is -2.97. The molecule has 0 saturated carbocycles. The molecule has 7 nitrogen and oxygen atoms in total. The number of carbonyl (C=O) groups is 1. The van der Waals surface area contributed by atoms with Gasteiger partial charge in [-0.3, -0.25) is 4.79 Å². The number of ketones is 1. The van der Waals surface area contributed by atoms with Gasteiger partial charge in [0.25, 0.3) is 0 Å². The summed E-state index contributed by atoms with van der Waals surface area (Å²) in [6.45, 7) is 7.45. The van der Waals surface area contributed by atoms with Gasteiger partial charge in [0.2, 0.25) is 11.1 Å². The molecule has 0 radical (unpaired) electrons. The van der Waals surface area contributed by atoms with E-state index >= 15 is 0 Å². The van der Waals surface area contributed by atoms with Crippen LogP contribution in [0.25, 0.3) is 0 Å².